The lowest BCUT2D eigenvalue weighted by Gasteiger charge is -2.43. The maximum absolute atomic E-state index is 12.9. The molecule has 17 unspecified atom stereocenters. The monoisotopic (exact) mass is 651 g/mol. The van der Waals surface area contributed by atoms with Crippen molar-refractivity contribution in [3.8, 4) is 0 Å². The molecule has 11 heteroatoms. The number of nitrogens with one attached hydrogen (secondary N) is 8. The van der Waals surface area contributed by atoms with Gasteiger partial charge >= 0.3 is 6.03 Å². The van der Waals surface area contributed by atoms with E-state index in [1.165, 1.54) is 77.0 Å². The van der Waals surface area contributed by atoms with E-state index in [2.05, 4.69) is 49.1 Å². The molecular formula is C36H62N10O. The van der Waals surface area contributed by atoms with Crippen LogP contribution >= 0.6 is 0 Å². The average molecular weight is 651 g/mol. The van der Waals surface area contributed by atoms with Crippen molar-refractivity contribution >= 4 is 6.03 Å². The fourth-order valence-electron chi connectivity index (χ4n) is 12.9. The number of hydrogen-bond donors (Lipinski definition) is 9. The molecule has 0 aromatic carbocycles. The summed E-state index contributed by atoms with van der Waals surface area (Å²) >= 11 is 0. The number of fused-ring (bicyclic) bond motifs is 20. The predicted molar refractivity (Wildman–Crippen MR) is 183 cm³/mol. The van der Waals surface area contributed by atoms with E-state index in [9.17, 15) is 4.79 Å². The molecule has 17 atom stereocenters. The van der Waals surface area contributed by atoms with Crippen LogP contribution in [0.5, 0.6) is 0 Å². The van der Waals surface area contributed by atoms with Gasteiger partial charge in [-0.25, -0.2) is 4.79 Å². The van der Waals surface area contributed by atoms with Crippen molar-refractivity contribution in [3.05, 3.63) is 12.7 Å². The summed E-state index contributed by atoms with van der Waals surface area (Å²) in [6.45, 7) is 4.50. The zero-order valence-corrected chi connectivity index (χ0v) is 28.3. The Morgan fingerprint density at radius 1 is 0.511 bits per heavy atom. The first-order valence-electron chi connectivity index (χ1n) is 19.8. The molecule has 11 nitrogen and oxygen atoms in total. The third kappa shape index (κ3) is 5.59. The summed E-state index contributed by atoms with van der Waals surface area (Å²) in [4.78, 5) is 14.8. The van der Waals surface area contributed by atoms with E-state index in [1.807, 2.05) is 11.0 Å². The Kier molecular flexibility index (Phi) is 8.82. The van der Waals surface area contributed by atoms with Crippen molar-refractivity contribution in [3.63, 3.8) is 0 Å². The number of carbonyl (C=O) groups excluding carboxylic acids is 1. The van der Waals surface area contributed by atoms with Crippen LogP contribution in [0.15, 0.2) is 12.7 Å². The minimum atomic E-state index is -0.320. The molecular weight excluding hydrogens is 588 g/mol. The first kappa shape index (κ1) is 31.7. The lowest BCUT2D eigenvalue weighted by atomic mass is 9.74. The van der Waals surface area contributed by atoms with Gasteiger partial charge in [-0.15, -0.1) is 6.58 Å². The maximum Gasteiger partial charge on any atom is 0.315 e. The SMILES string of the molecule is C=CCN(C(N)=O)C1CCCC2C3NC4NC(NC5NC(NC6NC(NC(N3)C21)C1CCCCC61)C1CCCCC51)C1CCCCC41. The summed E-state index contributed by atoms with van der Waals surface area (Å²) in [6.07, 6.45) is 23.1. The maximum atomic E-state index is 12.9. The van der Waals surface area contributed by atoms with Crippen molar-refractivity contribution < 1.29 is 4.79 Å². The molecule has 0 spiro atoms. The van der Waals surface area contributed by atoms with Gasteiger partial charge in [-0.2, -0.15) is 0 Å². The molecule has 47 heavy (non-hydrogen) atoms. The molecule has 9 aliphatic rings. The third-order valence-electron chi connectivity index (χ3n) is 14.9. The van der Waals surface area contributed by atoms with E-state index in [-0.39, 0.29) is 42.7 Å². The lowest BCUT2D eigenvalue weighted by Crippen LogP contribution is -2.62. The number of urea groups is 1. The number of nitrogens with two attached hydrogens (primary N) is 1. The van der Waals surface area contributed by atoms with Gasteiger partial charge in [0.1, 0.15) is 0 Å². The second-order valence-electron chi connectivity index (χ2n) is 17.0. The quantitative estimate of drug-likeness (QED) is 0.210. The summed E-state index contributed by atoms with van der Waals surface area (Å²) in [5.74, 6) is 4.57. The molecule has 262 valence electrons. The highest BCUT2D eigenvalue weighted by molar-refractivity contribution is 5.72. The van der Waals surface area contributed by atoms with Crippen LogP contribution in [0.1, 0.15) is 96.3 Å². The van der Waals surface area contributed by atoms with E-state index < -0.39 is 0 Å². The molecule has 4 saturated carbocycles. The Balaban J connectivity index is 1.07. The number of carbonyl (C=O) groups is 1. The minimum Gasteiger partial charge on any atom is -0.351 e. The number of hydrogen-bond acceptors (Lipinski definition) is 9. The van der Waals surface area contributed by atoms with Crippen molar-refractivity contribution in [1.29, 1.82) is 0 Å². The minimum absolute atomic E-state index is 0.0930. The fourth-order valence-corrected chi connectivity index (χ4v) is 12.9. The normalized spacial score (nSPS) is 52.1. The highest BCUT2D eigenvalue weighted by Gasteiger charge is 2.56. The molecule has 0 radical (unpaired) electrons. The summed E-state index contributed by atoms with van der Waals surface area (Å²) in [5.41, 5.74) is 6.08. The molecule has 2 amide bonds. The molecule has 4 aliphatic carbocycles. The van der Waals surface area contributed by atoms with Gasteiger partial charge in [0, 0.05) is 18.5 Å². The number of nitrogens with zero attached hydrogens (tertiary/aromatic N) is 1. The van der Waals surface area contributed by atoms with Crippen LogP contribution in [0.2, 0.25) is 0 Å². The molecule has 5 saturated heterocycles. The summed E-state index contributed by atoms with van der Waals surface area (Å²) in [6, 6.07) is -0.225. The molecule has 9 fully saturated rings. The summed E-state index contributed by atoms with van der Waals surface area (Å²) in [5, 5.41) is 33.6. The van der Waals surface area contributed by atoms with Gasteiger partial charge in [0.25, 0.3) is 0 Å². The van der Waals surface area contributed by atoms with Gasteiger partial charge in [0.2, 0.25) is 0 Å². The smallest absolute Gasteiger partial charge is 0.315 e. The first-order chi connectivity index (χ1) is 23.1. The topological polar surface area (TPSA) is 143 Å². The van der Waals surface area contributed by atoms with Gasteiger partial charge < -0.3 is 10.6 Å². The van der Waals surface area contributed by atoms with Crippen molar-refractivity contribution in [1.82, 2.24) is 47.4 Å². The molecule has 8 bridgehead atoms. The van der Waals surface area contributed by atoms with Crippen molar-refractivity contribution in [2.75, 3.05) is 6.54 Å². The summed E-state index contributed by atoms with van der Waals surface area (Å²) < 4.78 is 0. The molecule has 5 heterocycles. The average Bonchev–Trinajstić information content (AvgIpc) is 3.83. The second kappa shape index (κ2) is 13.1. The van der Waals surface area contributed by atoms with E-state index in [4.69, 9.17) is 5.73 Å². The third-order valence-corrected chi connectivity index (χ3v) is 14.9. The van der Waals surface area contributed by atoms with Crippen LogP contribution in [0.4, 0.5) is 4.79 Å². The molecule has 0 aromatic rings. The molecule has 10 N–H and O–H groups in total. The van der Waals surface area contributed by atoms with E-state index in [1.54, 1.807) is 0 Å². The van der Waals surface area contributed by atoms with E-state index in [0.717, 1.165) is 19.3 Å². The predicted octanol–water partition coefficient (Wildman–Crippen LogP) is 2.15. The summed E-state index contributed by atoms with van der Waals surface area (Å²) in [7, 11) is 0. The Morgan fingerprint density at radius 3 is 1.17 bits per heavy atom. The highest BCUT2D eigenvalue weighted by atomic mass is 16.2. The van der Waals surface area contributed by atoms with Gasteiger partial charge in [0.15, 0.2) is 0 Å². The fraction of sp³-hybridized carbons (Fsp3) is 0.917. The Hall–Kier alpha value is -1.31. The Bertz CT molecular complexity index is 1150. The first-order valence-corrected chi connectivity index (χ1v) is 19.8. The zero-order valence-electron chi connectivity index (χ0n) is 28.3. The lowest BCUT2D eigenvalue weighted by molar-refractivity contribution is 0.0821. The van der Waals surface area contributed by atoms with Crippen LogP contribution in [0.25, 0.3) is 0 Å². The standard InChI is InChI=1S/C36H62N10O/c1-2-18-46(36(37)47)26-17-9-16-25-27(26)35-44-33-24-15-8-7-14-23(24)31(42-33)40-29-20-11-4-3-10-19(20)28(38-29)39-30-21-12-5-6-13-22(21)32(41-30)43-34(25)45-35/h2,19-35,38-45H,1,3-18H2,(H2,37,47). The largest absolute Gasteiger partial charge is 0.351 e. The van der Waals surface area contributed by atoms with Crippen LogP contribution in [0.3, 0.4) is 0 Å². The van der Waals surface area contributed by atoms with Gasteiger partial charge in [-0.3, -0.25) is 42.5 Å². The zero-order chi connectivity index (χ0) is 31.6. The van der Waals surface area contributed by atoms with Crippen molar-refractivity contribution in [2.24, 2.45) is 53.1 Å². The van der Waals surface area contributed by atoms with Gasteiger partial charge in [0.05, 0.1) is 49.3 Å². The van der Waals surface area contributed by atoms with Gasteiger partial charge in [-0.1, -0.05) is 51.0 Å². The van der Waals surface area contributed by atoms with E-state index in [0.29, 0.717) is 72.6 Å². The van der Waals surface area contributed by atoms with Crippen molar-refractivity contribution in [2.45, 2.75) is 152 Å². The Morgan fingerprint density at radius 2 is 0.830 bits per heavy atom. The molecule has 9 rings (SSSR count). The van der Waals surface area contributed by atoms with Gasteiger partial charge in [-0.05, 0) is 92.8 Å². The number of amides is 2. The van der Waals surface area contributed by atoms with Crippen LogP contribution in [0, 0.1) is 47.3 Å². The van der Waals surface area contributed by atoms with E-state index >= 15 is 0 Å². The highest BCUT2D eigenvalue weighted by Crippen LogP contribution is 2.46. The number of rotatable bonds is 3. The molecule has 0 aromatic heterocycles. The second-order valence-corrected chi connectivity index (χ2v) is 17.0. The van der Waals surface area contributed by atoms with Crippen LogP contribution in [-0.2, 0) is 0 Å². The Labute approximate surface area is 281 Å². The number of primary amides is 1. The van der Waals surface area contributed by atoms with Crippen LogP contribution in [-0.4, -0.2) is 72.8 Å². The molecule has 5 aliphatic heterocycles. The van der Waals surface area contributed by atoms with Crippen LogP contribution < -0.4 is 48.3 Å².